The van der Waals surface area contributed by atoms with Crippen molar-refractivity contribution in [2.45, 2.75) is 67.2 Å². The van der Waals surface area contributed by atoms with E-state index in [2.05, 4.69) is 29.9 Å². The van der Waals surface area contributed by atoms with Crippen molar-refractivity contribution in [3.63, 3.8) is 0 Å². The van der Waals surface area contributed by atoms with Crippen LogP contribution in [0.4, 0.5) is 0 Å². The third kappa shape index (κ3) is 4.53. The summed E-state index contributed by atoms with van der Waals surface area (Å²) in [5.41, 5.74) is 19.5. The largest absolute Gasteiger partial charge is 0.481 e. The first-order valence-electron chi connectivity index (χ1n) is 13.7. The maximum absolute atomic E-state index is 13.1. The predicted molar refractivity (Wildman–Crippen MR) is 161 cm³/mol. The number of nitrogens with one attached hydrogen (secondary N) is 2. The molecule has 206 valence electrons. The maximum Gasteiger partial charge on any atom is 0.303 e. The number of primary amides is 1. The van der Waals surface area contributed by atoms with Gasteiger partial charge in [0.2, 0.25) is 0 Å². The Labute approximate surface area is 233 Å². The number of aromatic nitrogens is 4. The smallest absolute Gasteiger partial charge is 0.303 e. The molecule has 0 spiro atoms. The fourth-order valence-electron chi connectivity index (χ4n) is 5.91. The minimum Gasteiger partial charge on any atom is -0.481 e. The standard InChI is InChI=1S/C32H35N5O3/c1-7-20-18(6)30-29(32(33)40)31-21(8-2)16(4)25(36-31)14-24-17(5)22(9-10-28(38)39)26(35-24)12-19-11-15(3)23(34-19)13-27(20)37-30/h11-14,34,36H,7-10H2,1-6H3,(H2,33,40)(H,38,39). The van der Waals surface area contributed by atoms with Crippen LogP contribution in [-0.2, 0) is 11.2 Å². The lowest BCUT2D eigenvalue weighted by molar-refractivity contribution is -0.136. The lowest BCUT2D eigenvalue weighted by Crippen LogP contribution is -2.14. The van der Waals surface area contributed by atoms with E-state index in [0.717, 1.165) is 79.0 Å². The number of H-pyrrole nitrogens is 2. The van der Waals surface area contributed by atoms with Crippen LogP contribution in [-0.4, -0.2) is 36.9 Å². The van der Waals surface area contributed by atoms with Gasteiger partial charge in [-0.3, -0.25) is 9.59 Å². The summed E-state index contributed by atoms with van der Waals surface area (Å²) >= 11 is 0. The summed E-state index contributed by atoms with van der Waals surface area (Å²) in [5, 5.41) is 9.39. The minimum atomic E-state index is -0.849. The van der Waals surface area contributed by atoms with Crippen LogP contribution in [0.25, 0.3) is 44.4 Å². The first kappa shape index (κ1) is 27.1. The van der Waals surface area contributed by atoms with Crippen molar-refractivity contribution in [2.24, 2.45) is 5.73 Å². The fraction of sp³-hybridized carbons (Fsp3) is 0.312. The first-order valence-corrected chi connectivity index (χ1v) is 13.7. The van der Waals surface area contributed by atoms with Gasteiger partial charge in [0.05, 0.1) is 33.9 Å². The molecule has 0 aromatic carbocycles. The minimum absolute atomic E-state index is 0.0160. The number of aryl methyl sites for hydroxylation is 3. The van der Waals surface area contributed by atoms with Gasteiger partial charge in [-0.25, -0.2) is 9.97 Å². The number of carbonyl (C=O) groups excluding carboxylic acids is 1. The third-order valence-corrected chi connectivity index (χ3v) is 8.11. The Morgan fingerprint density at radius 3 is 2.20 bits per heavy atom. The average molecular weight is 538 g/mol. The van der Waals surface area contributed by atoms with Gasteiger partial charge in [-0.2, -0.15) is 0 Å². The van der Waals surface area contributed by atoms with Crippen molar-refractivity contribution in [2.75, 3.05) is 0 Å². The Balaban J connectivity index is 1.99. The molecule has 8 heteroatoms. The molecule has 5 heterocycles. The van der Waals surface area contributed by atoms with Crippen LogP contribution >= 0.6 is 0 Å². The van der Waals surface area contributed by atoms with Gasteiger partial charge in [0.25, 0.3) is 5.91 Å². The van der Waals surface area contributed by atoms with Crippen LogP contribution in [0.3, 0.4) is 0 Å². The number of carboxylic acid groups (broad SMARTS) is 1. The highest BCUT2D eigenvalue weighted by Crippen LogP contribution is 2.37. The molecule has 0 fully saturated rings. The Morgan fingerprint density at radius 1 is 0.850 bits per heavy atom. The number of carbonyl (C=O) groups is 2. The van der Waals surface area contributed by atoms with E-state index < -0.39 is 11.9 Å². The number of aromatic amines is 2. The lowest BCUT2D eigenvalue weighted by Gasteiger charge is -2.04. The van der Waals surface area contributed by atoms with Crippen LogP contribution in [0, 0.1) is 13.8 Å². The molecule has 0 saturated carbocycles. The van der Waals surface area contributed by atoms with Crippen LogP contribution in [0.2, 0.25) is 0 Å². The molecule has 8 nitrogen and oxygen atoms in total. The molecule has 0 aliphatic carbocycles. The Hall–Kier alpha value is -4.46. The topological polar surface area (TPSA) is 138 Å². The third-order valence-electron chi connectivity index (χ3n) is 8.11. The molecule has 2 aliphatic heterocycles. The zero-order chi connectivity index (χ0) is 28.9. The van der Waals surface area contributed by atoms with E-state index in [-0.39, 0.29) is 6.42 Å². The highest BCUT2D eigenvalue weighted by Gasteiger charge is 2.24. The molecule has 0 unspecified atom stereocenters. The van der Waals surface area contributed by atoms with E-state index in [4.69, 9.17) is 15.7 Å². The second-order valence-corrected chi connectivity index (χ2v) is 10.5. The normalized spacial score (nSPS) is 13.3. The number of aliphatic carboxylic acids is 1. The van der Waals surface area contributed by atoms with Gasteiger partial charge >= 0.3 is 5.97 Å². The van der Waals surface area contributed by atoms with Gasteiger partial charge in [-0.05, 0) is 110 Å². The van der Waals surface area contributed by atoms with Gasteiger partial charge in [-0.15, -0.1) is 0 Å². The van der Waals surface area contributed by atoms with E-state index in [9.17, 15) is 14.7 Å². The number of fused-ring (bicyclic) bond motifs is 8. The van der Waals surface area contributed by atoms with Crippen LogP contribution in [0.15, 0.2) is 24.3 Å². The predicted octanol–water partition coefficient (Wildman–Crippen LogP) is 6.73. The zero-order valence-corrected chi connectivity index (χ0v) is 23.9. The Kier molecular flexibility index (Phi) is 6.96. The molecule has 5 N–H and O–H groups in total. The monoisotopic (exact) mass is 537 g/mol. The van der Waals surface area contributed by atoms with E-state index in [1.165, 1.54) is 0 Å². The molecule has 5 rings (SSSR count). The molecule has 3 aromatic heterocycles. The molecule has 3 aromatic rings. The van der Waals surface area contributed by atoms with E-state index in [1.807, 2.05) is 45.9 Å². The molecule has 2 aliphatic rings. The van der Waals surface area contributed by atoms with E-state index in [1.54, 1.807) is 0 Å². The molecular formula is C32H35N5O3. The van der Waals surface area contributed by atoms with E-state index in [0.29, 0.717) is 29.6 Å². The van der Waals surface area contributed by atoms with Gasteiger partial charge in [0.1, 0.15) is 0 Å². The molecule has 0 saturated heterocycles. The molecule has 0 atom stereocenters. The van der Waals surface area contributed by atoms with Crippen molar-refractivity contribution in [3.05, 3.63) is 69.3 Å². The lowest BCUT2D eigenvalue weighted by atomic mass is 9.99. The fourth-order valence-corrected chi connectivity index (χ4v) is 5.91. The quantitative estimate of drug-likeness (QED) is 0.276. The average Bonchev–Trinajstić information content (AvgIpc) is 3.57. The number of nitrogens with zero attached hydrogens (tertiary/aromatic N) is 2. The van der Waals surface area contributed by atoms with Crippen molar-refractivity contribution in [3.8, 4) is 0 Å². The highest BCUT2D eigenvalue weighted by atomic mass is 16.4. The zero-order valence-electron chi connectivity index (χ0n) is 23.9. The number of amides is 1. The summed E-state index contributed by atoms with van der Waals surface area (Å²) in [6, 6.07) is 8.03. The number of hydrogen-bond acceptors (Lipinski definition) is 4. The number of hydrogen-bond donors (Lipinski definition) is 4. The van der Waals surface area contributed by atoms with Gasteiger partial charge in [0.15, 0.2) is 0 Å². The molecular weight excluding hydrogens is 502 g/mol. The van der Waals surface area contributed by atoms with E-state index >= 15 is 0 Å². The summed E-state index contributed by atoms with van der Waals surface area (Å²) < 4.78 is 0. The molecule has 0 radical (unpaired) electrons. The molecule has 8 bridgehead atoms. The van der Waals surface area contributed by atoms with Crippen molar-refractivity contribution >= 4 is 56.2 Å². The van der Waals surface area contributed by atoms with Gasteiger partial charge in [0, 0.05) is 23.0 Å². The van der Waals surface area contributed by atoms with Crippen molar-refractivity contribution in [1.82, 2.24) is 19.9 Å². The summed E-state index contributed by atoms with van der Waals surface area (Å²) in [4.78, 5) is 41.4. The molecule has 40 heavy (non-hydrogen) atoms. The number of nitrogens with two attached hydrogens (primary N) is 1. The SMILES string of the molecule is CCC1=C(C)c2nc1cc1[nH]c(cc3nc(cc4[nH]c(c(CC)c4C)c2C(N)=O)C(C)=C3CCC(=O)O)cc1C. The molecule has 1 amide bonds. The van der Waals surface area contributed by atoms with Gasteiger partial charge in [-0.1, -0.05) is 13.8 Å². The van der Waals surface area contributed by atoms with Crippen LogP contribution in [0.5, 0.6) is 0 Å². The second-order valence-electron chi connectivity index (χ2n) is 10.5. The Bertz CT molecular complexity index is 1820. The first-order chi connectivity index (χ1) is 19.0. The number of carboxylic acids is 1. The second kappa shape index (κ2) is 10.3. The van der Waals surface area contributed by atoms with Gasteiger partial charge < -0.3 is 20.8 Å². The number of allylic oxidation sites excluding steroid dienone is 4. The van der Waals surface area contributed by atoms with Crippen LogP contribution in [0.1, 0.15) is 96.8 Å². The maximum atomic E-state index is 13.1. The summed E-state index contributed by atoms with van der Waals surface area (Å²) in [6.07, 6.45) is 1.84. The Morgan fingerprint density at radius 2 is 1.55 bits per heavy atom. The summed E-state index contributed by atoms with van der Waals surface area (Å²) in [5.74, 6) is -1.38. The number of rotatable bonds is 6. The van der Waals surface area contributed by atoms with Crippen LogP contribution < -0.4 is 5.73 Å². The highest BCUT2D eigenvalue weighted by molar-refractivity contribution is 6.08. The van der Waals surface area contributed by atoms with Crippen molar-refractivity contribution < 1.29 is 14.7 Å². The summed E-state index contributed by atoms with van der Waals surface area (Å²) in [7, 11) is 0. The summed E-state index contributed by atoms with van der Waals surface area (Å²) in [6.45, 7) is 12.2. The van der Waals surface area contributed by atoms with Crippen molar-refractivity contribution in [1.29, 1.82) is 0 Å².